The number of rotatable bonds is 6. The summed E-state index contributed by atoms with van der Waals surface area (Å²) in [6.07, 6.45) is 2.25. The quantitative estimate of drug-likeness (QED) is 0.511. The Hall–Kier alpha value is -3.22. The van der Waals surface area contributed by atoms with Gasteiger partial charge in [-0.15, -0.1) is 0 Å². The second-order valence-electron chi connectivity index (χ2n) is 6.76. The van der Waals surface area contributed by atoms with Gasteiger partial charge < -0.3 is 25.4 Å². The smallest absolute Gasteiger partial charge is 0.224 e. The van der Waals surface area contributed by atoms with Crippen molar-refractivity contribution in [2.75, 3.05) is 30.9 Å². The number of fused-ring (bicyclic) bond motifs is 1. The molecule has 7 nitrogen and oxygen atoms in total. The van der Waals surface area contributed by atoms with Crippen molar-refractivity contribution in [2.45, 2.75) is 32.7 Å². The Balaban J connectivity index is 1.54. The van der Waals surface area contributed by atoms with Gasteiger partial charge in [-0.1, -0.05) is 19.1 Å². The molecule has 3 N–H and O–H groups in total. The Kier molecular flexibility index (Phi) is 7.33. The zero-order valence-corrected chi connectivity index (χ0v) is 17.0. The molecule has 0 unspecified atom stereocenters. The van der Waals surface area contributed by atoms with E-state index in [2.05, 4.69) is 20.9 Å². The number of aliphatic imine (C=N–C) groups is 1. The summed E-state index contributed by atoms with van der Waals surface area (Å²) < 4.78 is 11.4. The molecule has 3 rings (SSSR count). The number of nitrogens with zero attached hydrogens (tertiary/aromatic N) is 1. The van der Waals surface area contributed by atoms with Crippen LogP contribution in [0.4, 0.5) is 11.4 Å². The Morgan fingerprint density at radius 1 is 1.00 bits per heavy atom. The molecule has 0 radical (unpaired) electrons. The third-order valence-corrected chi connectivity index (χ3v) is 4.41. The average molecular weight is 396 g/mol. The molecule has 2 aromatic carbocycles. The molecule has 1 amide bonds. The fourth-order valence-corrected chi connectivity index (χ4v) is 2.90. The third-order valence-electron chi connectivity index (χ3n) is 4.41. The lowest BCUT2D eigenvalue weighted by Crippen LogP contribution is -2.30. The predicted octanol–water partition coefficient (Wildman–Crippen LogP) is 3.77. The van der Waals surface area contributed by atoms with E-state index in [1.165, 1.54) is 0 Å². The second kappa shape index (κ2) is 10.4. The largest absolute Gasteiger partial charge is 0.490 e. The Morgan fingerprint density at radius 2 is 1.72 bits per heavy atom. The van der Waals surface area contributed by atoms with Crippen LogP contribution >= 0.6 is 0 Å². The fraction of sp³-hybridized carbons (Fsp3) is 0.364. The number of hydrogen-bond acceptors (Lipinski definition) is 4. The van der Waals surface area contributed by atoms with E-state index in [9.17, 15) is 4.79 Å². The molecule has 0 saturated heterocycles. The van der Waals surface area contributed by atoms with Gasteiger partial charge in [0.15, 0.2) is 17.5 Å². The number of carbonyl (C=O) groups excluding carboxylic acids is 1. The minimum absolute atomic E-state index is 0.0399. The number of carbonyl (C=O) groups is 1. The second-order valence-corrected chi connectivity index (χ2v) is 6.76. The van der Waals surface area contributed by atoms with Crippen LogP contribution in [0.5, 0.6) is 11.5 Å². The summed E-state index contributed by atoms with van der Waals surface area (Å²) in [7, 11) is 1.73. The van der Waals surface area contributed by atoms with E-state index in [1.54, 1.807) is 7.05 Å². The zero-order chi connectivity index (χ0) is 20.5. The van der Waals surface area contributed by atoms with Crippen molar-refractivity contribution in [3.63, 3.8) is 0 Å². The number of anilines is 2. The Morgan fingerprint density at radius 3 is 2.45 bits per heavy atom. The van der Waals surface area contributed by atoms with Crippen molar-refractivity contribution >= 4 is 23.2 Å². The van der Waals surface area contributed by atoms with Gasteiger partial charge in [-0.3, -0.25) is 9.79 Å². The monoisotopic (exact) mass is 396 g/mol. The molecule has 1 aliphatic rings. The summed E-state index contributed by atoms with van der Waals surface area (Å²) in [6.45, 7) is 3.91. The molecule has 1 heterocycles. The van der Waals surface area contributed by atoms with Gasteiger partial charge in [-0.25, -0.2) is 0 Å². The topological polar surface area (TPSA) is 84.0 Å². The third kappa shape index (κ3) is 6.14. The lowest BCUT2D eigenvalue weighted by Gasteiger charge is -2.14. The van der Waals surface area contributed by atoms with Crippen LogP contribution in [0.25, 0.3) is 0 Å². The van der Waals surface area contributed by atoms with Gasteiger partial charge in [-0.2, -0.15) is 0 Å². The van der Waals surface area contributed by atoms with Crippen LogP contribution in [0.1, 0.15) is 31.7 Å². The summed E-state index contributed by atoms with van der Waals surface area (Å²) >= 11 is 0. The van der Waals surface area contributed by atoms with Crippen LogP contribution in [0, 0.1) is 0 Å². The minimum atomic E-state index is 0.0399. The number of ether oxygens (including phenoxy) is 2. The van der Waals surface area contributed by atoms with E-state index in [0.717, 1.165) is 41.3 Å². The number of amides is 1. The van der Waals surface area contributed by atoms with Crippen LogP contribution < -0.4 is 25.4 Å². The van der Waals surface area contributed by atoms with Crippen LogP contribution in [-0.4, -0.2) is 32.1 Å². The summed E-state index contributed by atoms with van der Waals surface area (Å²) in [6, 6.07) is 13.5. The predicted molar refractivity (Wildman–Crippen MR) is 116 cm³/mol. The van der Waals surface area contributed by atoms with Gasteiger partial charge in [-0.05, 0) is 36.2 Å². The molecular formula is C22H28N4O3. The van der Waals surface area contributed by atoms with E-state index in [1.807, 2.05) is 49.4 Å². The van der Waals surface area contributed by atoms with Crippen molar-refractivity contribution in [1.29, 1.82) is 0 Å². The maximum atomic E-state index is 11.7. The first-order valence-corrected chi connectivity index (χ1v) is 9.94. The van der Waals surface area contributed by atoms with Crippen molar-refractivity contribution in [3.05, 3.63) is 48.0 Å². The van der Waals surface area contributed by atoms with Gasteiger partial charge in [0.2, 0.25) is 5.91 Å². The molecular weight excluding hydrogens is 368 g/mol. The number of hydrogen-bond donors (Lipinski definition) is 3. The lowest BCUT2D eigenvalue weighted by atomic mass is 10.2. The van der Waals surface area contributed by atoms with Crippen LogP contribution in [0.3, 0.4) is 0 Å². The summed E-state index contributed by atoms with van der Waals surface area (Å²) in [5, 5.41) is 9.44. The molecule has 154 valence electrons. The van der Waals surface area contributed by atoms with Crippen molar-refractivity contribution < 1.29 is 14.3 Å². The first kappa shape index (κ1) is 20.5. The molecule has 0 aliphatic carbocycles. The molecule has 0 saturated carbocycles. The summed E-state index contributed by atoms with van der Waals surface area (Å²) in [5.74, 6) is 2.20. The van der Waals surface area contributed by atoms with Crippen LogP contribution in [-0.2, 0) is 11.3 Å². The van der Waals surface area contributed by atoms with Gasteiger partial charge in [0.25, 0.3) is 0 Å². The van der Waals surface area contributed by atoms with E-state index in [4.69, 9.17) is 9.47 Å². The van der Waals surface area contributed by atoms with E-state index < -0.39 is 0 Å². The molecule has 0 aromatic heterocycles. The number of nitrogens with one attached hydrogen (secondary N) is 3. The van der Waals surface area contributed by atoms with Crippen LogP contribution in [0.2, 0.25) is 0 Å². The van der Waals surface area contributed by atoms with Crippen LogP contribution in [0.15, 0.2) is 47.5 Å². The maximum Gasteiger partial charge on any atom is 0.224 e. The summed E-state index contributed by atoms with van der Waals surface area (Å²) in [4.78, 5) is 15.9. The zero-order valence-electron chi connectivity index (χ0n) is 17.0. The number of guanidine groups is 1. The highest BCUT2D eigenvalue weighted by Gasteiger charge is 2.11. The van der Waals surface area contributed by atoms with Gasteiger partial charge >= 0.3 is 0 Å². The first-order chi connectivity index (χ1) is 14.2. The average Bonchev–Trinajstić information content (AvgIpc) is 2.97. The lowest BCUT2D eigenvalue weighted by molar-refractivity contribution is -0.116. The molecule has 7 heteroatoms. The van der Waals surface area contributed by atoms with Gasteiger partial charge in [0.05, 0.1) is 13.2 Å². The first-order valence-electron chi connectivity index (χ1n) is 9.94. The summed E-state index contributed by atoms with van der Waals surface area (Å²) in [5.41, 5.74) is 2.76. The molecule has 0 fully saturated rings. The number of benzene rings is 2. The maximum absolute atomic E-state index is 11.7. The van der Waals surface area contributed by atoms with E-state index >= 15 is 0 Å². The standard InChI is InChI=1S/C22H28N4O3/c1-3-5-21(27)25-17-8-6-16(7-9-17)15-24-22(23-2)26-18-10-11-19-20(14-18)29-13-4-12-28-19/h6-11,14H,3-5,12-13,15H2,1-2H3,(H,25,27)(H2,23,24,26). The molecule has 0 bridgehead atoms. The van der Waals surface area contributed by atoms with E-state index in [0.29, 0.717) is 32.1 Å². The SMILES string of the molecule is CCCC(=O)Nc1ccc(CNC(=NC)Nc2ccc3c(c2)OCCCO3)cc1. The highest BCUT2D eigenvalue weighted by atomic mass is 16.5. The minimum Gasteiger partial charge on any atom is -0.490 e. The van der Waals surface area contributed by atoms with Gasteiger partial charge in [0, 0.05) is 43.9 Å². The van der Waals surface area contributed by atoms with Gasteiger partial charge in [0.1, 0.15) is 0 Å². The Bertz CT molecular complexity index is 850. The molecule has 1 aliphatic heterocycles. The molecule has 2 aromatic rings. The van der Waals surface area contributed by atoms with Crippen molar-refractivity contribution in [2.24, 2.45) is 4.99 Å². The highest BCUT2D eigenvalue weighted by molar-refractivity contribution is 5.94. The highest BCUT2D eigenvalue weighted by Crippen LogP contribution is 2.32. The Labute approximate surface area is 171 Å². The fourth-order valence-electron chi connectivity index (χ4n) is 2.90. The van der Waals surface area contributed by atoms with Crippen molar-refractivity contribution in [3.8, 4) is 11.5 Å². The van der Waals surface area contributed by atoms with Crippen molar-refractivity contribution in [1.82, 2.24) is 5.32 Å². The molecule has 0 atom stereocenters. The van der Waals surface area contributed by atoms with E-state index in [-0.39, 0.29) is 5.91 Å². The molecule has 0 spiro atoms. The normalized spacial score (nSPS) is 13.4. The molecule has 29 heavy (non-hydrogen) atoms.